The highest BCUT2D eigenvalue weighted by Crippen LogP contribution is 2.44. The summed E-state index contributed by atoms with van der Waals surface area (Å²) in [6, 6.07) is 14.2. The van der Waals surface area contributed by atoms with E-state index in [0.29, 0.717) is 24.1 Å². The van der Waals surface area contributed by atoms with E-state index in [1.807, 2.05) is 31.2 Å². The second-order valence-electron chi connectivity index (χ2n) is 7.55. The van der Waals surface area contributed by atoms with Gasteiger partial charge >= 0.3 is 0 Å². The van der Waals surface area contributed by atoms with Gasteiger partial charge in [-0.3, -0.25) is 19.3 Å². The van der Waals surface area contributed by atoms with Crippen LogP contribution >= 0.6 is 31.9 Å². The van der Waals surface area contributed by atoms with Crippen molar-refractivity contribution in [1.82, 2.24) is 0 Å². The fourth-order valence-corrected chi connectivity index (χ4v) is 5.28. The SMILES string of the molecule is Cc1ccccc1NC(=O)c1cccc(N2C(=O)C3CC(Br)C(Br)CC3C2=O)c1. The van der Waals surface area contributed by atoms with Crippen LogP contribution in [-0.4, -0.2) is 27.4 Å². The number of hydrogen-bond donors (Lipinski definition) is 1. The molecule has 1 saturated heterocycles. The molecule has 0 radical (unpaired) electrons. The Morgan fingerprint density at radius 3 is 2.21 bits per heavy atom. The minimum absolute atomic E-state index is 0.159. The molecule has 0 bridgehead atoms. The predicted octanol–water partition coefficient (Wildman–Crippen LogP) is 4.67. The summed E-state index contributed by atoms with van der Waals surface area (Å²) in [7, 11) is 0. The maximum absolute atomic E-state index is 13.0. The number of anilines is 2. The molecule has 2 aromatic carbocycles. The van der Waals surface area contributed by atoms with Gasteiger partial charge in [-0.1, -0.05) is 56.1 Å². The first-order chi connectivity index (χ1) is 13.9. The number of para-hydroxylation sites is 1. The van der Waals surface area contributed by atoms with Crippen molar-refractivity contribution in [3.8, 4) is 0 Å². The van der Waals surface area contributed by atoms with Crippen molar-refractivity contribution in [2.45, 2.75) is 29.4 Å². The summed E-state index contributed by atoms with van der Waals surface area (Å²) in [4.78, 5) is 40.3. The lowest BCUT2D eigenvalue weighted by atomic mass is 9.81. The lowest BCUT2D eigenvalue weighted by Crippen LogP contribution is -2.34. The molecule has 7 heteroatoms. The van der Waals surface area contributed by atoms with Gasteiger partial charge in [0.25, 0.3) is 5.91 Å². The number of aryl methyl sites for hydroxylation is 1. The van der Waals surface area contributed by atoms with Crippen LogP contribution in [0, 0.1) is 18.8 Å². The first kappa shape index (κ1) is 20.3. The third-order valence-corrected chi connectivity index (χ3v) is 8.40. The average molecular weight is 520 g/mol. The van der Waals surface area contributed by atoms with Crippen LogP contribution in [0.5, 0.6) is 0 Å². The van der Waals surface area contributed by atoms with Crippen molar-refractivity contribution in [1.29, 1.82) is 0 Å². The molecule has 4 atom stereocenters. The molecule has 3 amide bonds. The molecule has 0 spiro atoms. The molecule has 2 aliphatic rings. The second kappa shape index (κ2) is 8.03. The van der Waals surface area contributed by atoms with Gasteiger partial charge in [0.1, 0.15) is 0 Å². The Morgan fingerprint density at radius 1 is 0.966 bits per heavy atom. The molecule has 1 aliphatic heterocycles. The van der Waals surface area contributed by atoms with Crippen molar-refractivity contribution < 1.29 is 14.4 Å². The molecule has 29 heavy (non-hydrogen) atoms. The number of amides is 3. The molecule has 1 aliphatic carbocycles. The summed E-state index contributed by atoms with van der Waals surface area (Å²) < 4.78 is 0. The zero-order valence-corrected chi connectivity index (χ0v) is 18.9. The van der Waals surface area contributed by atoms with E-state index in [1.54, 1.807) is 24.3 Å². The van der Waals surface area contributed by atoms with E-state index >= 15 is 0 Å². The molecule has 150 valence electrons. The van der Waals surface area contributed by atoms with Gasteiger partial charge in [-0.2, -0.15) is 0 Å². The third kappa shape index (κ3) is 3.78. The third-order valence-electron chi connectivity index (χ3n) is 5.67. The molecule has 2 fully saturated rings. The van der Waals surface area contributed by atoms with Gasteiger partial charge in [0.15, 0.2) is 0 Å². The topological polar surface area (TPSA) is 66.5 Å². The maximum Gasteiger partial charge on any atom is 0.255 e. The molecule has 0 aromatic heterocycles. The van der Waals surface area contributed by atoms with E-state index in [4.69, 9.17) is 0 Å². The van der Waals surface area contributed by atoms with E-state index in [0.717, 1.165) is 11.3 Å². The number of halogens is 2. The zero-order valence-electron chi connectivity index (χ0n) is 15.8. The fraction of sp³-hybridized carbons (Fsp3) is 0.318. The number of imide groups is 1. The van der Waals surface area contributed by atoms with Gasteiger partial charge in [-0.15, -0.1) is 0 Å². The summed E-state index contributed by atoms with van der Waals surface area (Å²) in [5.74, 6) is -1.27. The maximum atomic E-state index is 13.0. The van der Waals surface area contributed by atoms with Crippen LogP contribution in [-0.2, 0) is 9.59 Å². The van der Waals surface area contributed by atoms with Crippen LogP contribution in [0.25, 0.3) is 0 Å². The second-order valence-corrected chi connectivity index (χ2v) is 9.90. The Bertz CT molecular complexity index is 966. The fourth-order valence-electron chi connectivity index (χ4n) is 4.04. The van der Waals surface area contributed by atoms with Crippen molar-refractivity contribution in [2.75, 3.05) is 10.2 Å². The van der Waals surface area contributed by atoms with Crippen LogP contribution in [0.4, 0.5) is 11.4 Å². The molecule has 1 N–H and O–H groups in total. The lowest BCUT2D eigenvalue weighted by molar-refractivity contribution is -0.122. The molecule has 1 saturated carbocycles. The Balaban J connectivity index is 1.59. The van der Waals surface area contributed by atoms with E-state index in [9.17, 15) is 14.4 Å². The number of nitrogens with one attached hydrogen (secondary N) is 1. The van der Waals surface area contributed by atoms with Gasteiger partial charge < -0.3 is 5.32 Å². The van der Waals surface area contributed by atoms with Crippen molar-refractivity contribution in [3.63, 3.8) is 0 Å². The summed E-state index contributed by atoms with van der Waals surface area (Å²) in [5.41, 5.74) is 2.54. The minimum Gasteiger partial charge on any atom is -0.322 e. The number of rotatable bonds is 3. The van der Waals surface area contributed by atoms with E-state index in [-0.39, 0.29) is 39.2 Å². The Kier molecular flexibility index (Phi) is 5.62. The Labute approximate surface area is 186 Å². The van der Waals surface area contributed by atoms with Gasteiger partial charge in [-0.25, -0.2) is 0 Å². The Morgan fingerprint density at radius 2 is 1.59 bits per heavy atom. The lowest BCUT2D eigenvalue weighted by Gasteiger charge is -2.29. The van der Waals surface area contributed by atoms with Gasteiger partial charge in [0, 0.05) is 20.9 Å². The van der Waals surface area contributed by atoms with E-state index in [2.05, 4.69) is 37.2 Å². The highest BCUT2D eigenvalue weighted by atomic mass is 79.9. The van der Waals surface area contributed by atoms with Crippen molar-refractivity contribution in [2.24, 2.45) is 11.8 Å². The standard InChI is InChI=1S/C22H20Br2N2O3/c1-12-5-2-3-8-19(12)25-20(27)13-6-4-7-14(9-13)26-21(28)15-10-17(23)18(24)11-16(15)22(26)29/h2-9,15-18H,10-11H2,1H3,(H,25,27). The number of hydrogen-bond acceptors (Lipinski definition) is 3. The number of nitrogens with zero attached hydrogens (tertiary/aromatic N) is 1. The Hall–Kier alpha value is -1.99. The van der Waals surface area contributed by atoms with Crippen molar-refractivity contribution in [3.05, 3.63) is 59.7 Å². The smallest absolute Gasteiger partial charge is 0.255 e. The number of alkyl halides is 2. The monoisotopic (exact) mass is 518 g/mol. The largest absolute Gasteiger partial charge is 0.322 e. The summed E-state index contributed by atoms with van der Waals surface area (Å²) in [5, 5.41) is 2.89. The number of carbonyl (C=O) groups excluding carboxylic acids is 3. The normalized spacial score (nSPS) is 26.4. The first-order valence-corrected chi connectivity index (χ1v) is 11.3. The van der Waals surface area contributed by atoms with Crippen LogP contribution in [0.3, 0.4) is 0 Å². The highest BCUT2D eigenvalue weighted by Gasteiger charge is 2.52. The summed E-state index contributed by atoms with van der Waals surface area (Å²) in [6.07, 6.45) is 1.24. The molecule has 4 unspecified atom stereocenters. The quantitative estimate of drug-likeness (QED) is 0.473. The van der Waals surface area contributed by atoms with Gasteiger partial charge in [0.2, 0.25) is 11.8 Å². The van der Waals surface area contributed by atoms with Gasteiger partial charge in [0.05, 0.1) is 17.5 Å². The summed E-state index contributed by atoms with van der Waals surface area (Å²) >= 11 is 7.20. The number of benzene rings is 2. The number of fused-ring (bicyclic) bond motifs is 1. The van der Waals surface area contributed by atoms with Crippen LogP contribution < -0.4 is 10.2 Å². The number of carbonyl (C=O) groups is 3. The van der Waals surface area contributed by atoms with Crippen LogP contribution in [0.15, 0.2) is 48.5 Å². The van der Waals surface area contributed by atoms with E-state index < -0.39 is 0 Å². The average Bonchev–Trinajstić information content (AvgIpc) is 2.94. The zero-order chi connectivity index (χ0) is 20.7. The molecule has 5 nitrogen and oxygen atoms in total. The van der Waals surface area contributed by atoms with Gasteiger partial charge in [-0.05, 0) is 49.6 Å². The van der Waals surface area contributed by atoms with E-state index in [1.165, 1.54) is 4.90 Å². The van der Waals surface area contributed by atoms with Crippen molar-refractivity contribution >= 4 is 61.0 Å². The molecular weight excluding hydrogens is 500 g/mol. The summed E-state index contributed by atoms with van der Waals surface area (Å²) in [6.45, 7) is 1.92. The molecule has 4 rings (SSSR count). The molecular formula is C22H20Br2N2O3. The predicted molar refractivity (Wildman–Crippen MR) is 120 cm³/mol. The highest BCUT2D eigenvalue weighted by molar-refractivity contribution is 9.12. The molecule has 1 heterocycles. The minimum atomic E-state index is -0.315. The van der Waals surface area contributed by atoms with Crippen LogP contribution in [0.2, 0.25) is 0 Å². The molecule has 2 aromatic rings. The first-order valence-electron chi connectivity index (χ1n) is 9.50. The van der Waals surface area contributed by atoms with Crippen LogP contribution in [0.1, 0.15) is 28.8 Å².